The minimum absolute atomic E-state index is 0.0844. The van der Waals surface area contributed by atoms with Crippen molar-refractivity contribution in [2.75, 3.05) is 26.0 Å². The molecule has 38 heavy (non-hydrogen) atoms. The highest BCUT2D eigenvalue weighted by Crippen LogP contribution is 2.36. The number of benzene rings is 3. The molecule has 0 aromatic heterocycles. The molecular weight excluding hydrogens is 546 g/mol. The lowest BCUT2D eigenvalue weighted by atomic mass is 10.1. The number of hydrogen-bond acceptors (Lipinski definition) is 5. The van der Waals surface area contributed by atoms with Gasteiger partial charge in [0.25, 0.3) is 0 Å². The van der Waals surface area contributed by atoms with Gasteiger partial charge in [0.1, 0.15) is 11.6 Å². The summed E-state index contributed by atoms with van der Waals surface area (Å²) >= 11 is 6.10. The van der Waals surface area contributed by atoms with E-state index in [1.165, 1.54) is 30.3 Å². The first-order valence-corrected chi connectivity index (χ1v) is 14.0. The van der Waals surface area contributed by atoms with Crippen LogP contribution in [-0.2, 0) is 35.5 Å². The van der Waals surface area contributed by atoms with E-state index in [2.05, 4.69) is 0 Å². The lowest BCUT2D eigenvalue weighted by molar-refractivity contribution is -0.137. The molecular formula is C27H28ClF4NO4S. The minimum atomic E-state index is -4.58. The SMILES string of the molecule is CS(=O)(=O)c1cc(OCCCN(Cc2ccc(F)cc2)Cc2cccc(C(F)(F)F)c2Cl)ccc1CCO. The third kappa shape index (κ3) is 8.42. The second kappa shape index (κ2) is 12.9. The summed E-state index contributed by atoms with van der Waals surface area (Å²) in [6, 6.07) is 14.2. The highest BCUT2D eigenvalue weighted by Gasteiger charge is 2.34. The molecule has 0 bridgehead atoms. The van der Waals surface area contributed by atoms with Crippen molar-refractivity contribution in [3.05, 3.63) is 93.8 Å². The predicted molar refractivity (Wildman–Crippen MR) is 137 cm³/mol. The van der Waals surface area contributed by atoms with E-state index in [1.807, 2.05) is 4.90 Å². The van der Waals surface area contributed by atoms with Crippen LogP contribution in [0, 0.1) is 5.82 Å². The number of aliphatic hydroxyl groups is 1. The van der Waals surface area contributed by atoms with Crippen molar-refractivity contribution in [3.63, 3.8) is 0 Å². The first kappa shape index (κ1) is 29.9. The quantitative estimate of drug-likeness (QED) is 0.216. The van der Waals surface area contributed by atoms with E-state index in [9.17, 15) is 31.1 Å². The van der Waals surface area contributed by atoms with Gasteiger partial charge < -0.3 is 9.84 Å². The highest BCUT2D eigenvalue weighted by atomic mass is 35.5. The van der Waals surface area contributed by atoms with Crippen LogP contribution in [0.15, 0.2) is 65.6 Å². The number of hydrogen-bond donors (Lipinski definition) is 1. The first-order valence-electron chi connectivity index (χ1n) is 11.8. The number of rotatable bonds is 12. The highest BCUT2D eigenvalue weighted by molar-refractivity contribution is 7.90. The maximum absolute atomic E-state index is 13.4. The Hall–Kier alpha value is -2.66. The van der Waals surface area contributed by atoms with Crippen LogP contribution < -0.4 is 4.74 Å². The summed E-state index contributed by atoms with van der Waals surface area (Å²) in [5, 5.41) is 8.82. The van der Waals surface area contributed by atoms with E-state index < -0.39 is 27.4 Å². The maximum Gasteiger partial charge on any atom is 0.417 e. The summed E-state index contributed by atoms with van der Waals surface area (Å²) in [4.78, 5) is 1.96. The third-order valence-corrected chi connectivity index (χ3v) is 7.43. The summed E-state index contributed by atoms with van der Waals surface area (Å²) in [5.74, 6) is -0.0498. The van der Waals surface area contributed by atoms with E-state index in [0.29, 0.717) is 36.4 Å². The first-order chi connectivity index (χ1) is 17.9. The molecule has 5 nitrogen and oxygen atoms in total. The second-order valence-electron chi connectivity index (χ2n) is 8.83. The second-order valence-corrected chi connectivity index (χ2v) is 11.2. The Bertz CT molecular complexity index is 1330. The van der Waals surface area contributed by atoms with Crippen LogP contribution >= 0.6 is 11.6 Å². The van der Waals surface area contributed by atoms with Gasteiger partial charge in [-0.15, -0.1) is 0 Å². The van der Waals surface area contributed by atoms with Crippen molar-refractivity contribution < 1.29 is 35.8 Å². The normalized spacial score (nSPS) is 12.2. The van der Waals surface area contributed by atoms with E-state index in [0.717, 1.165) is 17.9 Å². The van der Waals surface area contributed by atoms with Crippen molar-refractivity contribution >= 4 is 21.4 Å². The van der Waals surface area contributed by atoms with E-state index in [4.69, 9.17) is 16.3 Å². The molecule has 0 saturated heterocycles. The Balaban J connectivity index is 1.72. The van der Waals surface area contributed by atoms with Crippen LogP contribution in [0.4, 0.5) is 17.6 Å². The van der Waals surface area contributed by atoms with Gasteiger partial charge in [0.05, 0.1) is 22.1 Å². The monoisotopic (exact) mass is 573 g/mol. The average molecular weight is 574 g/mol. The van der Waals surface area contributed by atoms with Crippen molar-refractivity contribution in [2.45, 2.75) is 37.0 Å². The topological polar surface area (TPSA) is 66.8 Å². The molecule has 0 heterocycles. The maximum atomic E-state index is 13.4. The smallest absolute Gasteiger partial charge is 0.417 e. The van der Waals surface area contributed by atoms with Crippen LogP contribution in [0.5, 0.6) is 5.75 Å². The zero-order valence-electron chi connectivity index (χ0n) is 20.6. The van der Waals surface area contributed by atoms with Crippen molar-refractivity contribution in [1.29, 1.82) is 0 Å². The van der Waals surface area contributed by atoms with Gasteiger partial charge in [0, 0.05) is 32.5 Å². The molecule has 206 valence electrons. The van der Waals surface area contributed by atoms with Crippen LogP contribution in [-0.4, -0.2) is 44.4 Å². The largest absolute Gasteiger partial charge is 0.494 e. The summed E-state index contributed by atoms with van der Waals surface area (Å²) < 4.78 is 83.4. The van der Waals surface area contributed by atoms with Gasteiger partial charge in [-0.3, -0.25) is 4.90 Å². The minimum Gasteiger partial charge on any atom is -0.494 e. The Morgan fingerprint density at radius 1 is 1.00 bits per heavy atom. The Morgan fingerprint density at radius 3 is 2.34 bits per heavy atom. The standard InChI is InChI=1S/C27H28ClF4NO4S/c1-38(35,36)25-16-23(11-8-20(25)12-14-34)37-15-3-13-33(17-19-6-9-22(29)10-7-19)18-21-4-2-5-24(26(21)28)27(30,31)32/h2,4-11,16,34H,3,12-15,17-18H2,1H3. The molecule has 0 aliphatic heterocycles. The van der Waals surface area contributed by atoms with E-state index in [-0.39, 0.29) is 36.1 Å². The summed E-state index contributed by atoms with van der Waals surface area (Å²) in [5.41, 5.74) is 0.660. The van der Waals surface area contributed by atoms with Crippen LogP contribution in [0.3, 0.4) is 0 Å². The number of halogens is 5. The third-order valence-electron chi connectivity index (χ3n) is 5.80. The van der Waals surface area contributed by atoms with Gasteiger partial charge in [-0.1, -0.05) is 41.9 Å². The molecule has 0 unspecified atom stereocenters. The van der Waals surface area contributed by atoms with Gasteiger partial charge in [0.15, 0.2) is 9.84 Å². The fourth-order valence-electron chi connectivity index (χ4n) is 4.00. The molecule has 11 heteroatoms. The molecule has 3 aromatic rings. The van der Waals surface area contributed by atoms with Gasteiger partial charge in [0.2, 0.25) is 0 Å². The zero-order valence-corrected chi connectivity index (χ0v) is 22.2. The van der Waals surface area contributed by atoms with Gasteiger partial charge in [-0.2, -0.15) is 13.2 Å². The lowest BCUT2D eigenvalue weighted by Crippen LogP contribution is -2.26. The van der Waals surface area contributed by atoms with E-state index >= 15 is 0 Å². The molecule has 3 rings (SSSR count). The zero-order chi connectivity index (χ0) is 27.9. The van der Waals surface area contributed by atoms with Crippen molar-refractivity contribution in [1.82, 2.24) is 4.90 Å². The Kier molecular flexibility index (Phi) is 10.2. The fraction of sp³-hybridized carbons (Fsp3) is 0.333. The molecule has 0 aliphatic rings. The molecule has 0 atom stereocenters. The number of ether oxygens (including phenoxy) is 1. The molecule has 0 fully saturated rings. The summed E-state index contributed by atoms with van der Waals surface area (Å²) in [6.45, 7) is 0.877. The van der Waals surface area contributed by atoms with Crippen molar-refractivity contribution in [3.8, 4) is 5.75 Å². The predicted octanol–water partition coefficient (Wildman–Crippen LogP) is 5.91. The molecule has 0 radical (unpaired) electrons. The molecule has 1 N–H and O–H groups in total. The number of nitrogens with zero attached hydrogens (tertiary/aromatic N) is 1. The van der Waals surface area contributed by atoms with Crippen LogP contribution in [0.1, 0.15) is 28.7 Å². The molecule has 0 spiro atoms. The van der Waals surface area contributed by atoms with Gasteiger partial charge in [-0.05, 0) is 59.9 Å². The number of aliphatic hydroxyl groups excluding tert-OH is 1. The molecule has 0 amide bonds. The summed E-state index contributed by atoms with van der Waals surface area (Å²) in [7, 11) is -3.53. The molecule has 0 saturated carbocycles. The van der Waals surface area contributed by atoms with Crippen LogP contribution in [0.2, 0.25) is 5.02 Å². The van der Waals surface area contributed by atoms with Gasteiger partial charge >= 0.3 is 6.18 Å². The van der Waals surface area contributed by atoms with E-state index in [1.54, 1.807) is 24.3 Å². The molecule has 3 aromatic carbocycles. The fourth-order valence-corrected chi connectivity index (χ4v) is 5.27. The average Bonchev–Trinajstić information content (AvgIpc) is 2.84. The van der Waals surface area contributed by atoms with Crippen LogP contribution in [0.25, 0.3) is 0 Å². The number of sulfone groups is 1. The Labute approximate surface area is 224 Å². The molecule has 0 aliphatic carbocycles. The lowest BCUT2D eigenvalue weighted by Gasteiger charge is -2.24. The number of alkyl halides is 3. The van der Waals surface area contributed by atoms with Gasteiger partial charge in [-0.25, -0.2) is 12.8 Å². The van der Waals surface area contributed by atoms with Crippen molar-refractivity contribution in [2.24, 2.45) is 0 Å². The summed E-state index contributed by atoms with van der Waals surface area (Å²) in [6.07, 6.45) is -2.84. The Morgan fingerprint density at radius 2 is 1.71 bits per heavy atom.